The summed E-state index contributed by atoms with van der Waals surface area (Å²) in [5.74, 6) is -1.80. The summed E-state index contributed by atoms with van der Waals surface area (Å²) in [6, 6.07) is 6.32. The van der Waals surface area contributed by atoms with Crippen LogP contribution < -0.4 is 10.6 Å². The van der Waals surface area contributed by atoms with Gasteiger partial charge in [-0.15, -0.1) is 0 Å². The maximum atomic E-state index is 11.3. The predicted molar refractivity (Wildman–Crippen MR) is 67.9 cm³/mol. The molecule has 1 aromatic rings. The highest BCUT2D eigenvalue weighted by Gasteiger charge is 2.03. The molecule has 1 rings (SSSR count). The van der Waals surface area contributed by atoms with Gasteiger partial charge in [0.1, 0.15) is 0 Å². The summed E-state index contributed by atoms with van der Waals surface area (Å²) in [4.78, 5) is 32.6. The standard InChI is InChI=1S/C12H12N2O5/c1-19-12(18)14-9-4-2-3-8(7-9)13-10(15)5-6-11(16)17/h2-7H,1H3,(H,13,15)(H,14,18)(H,16,17)/b6-5+. The van der Waals surface area contributed by atoms with E-state index in [4.69, 9.17) is 5.11 Å². The molecule has 0 unspecified atom stereocenters. The minimum absolute atomic E-state index is 0.411. The van der Waals surface area contributed by atoms with Crippen molar-refractivity contribution in [2.45, 2.75) is 0 Å². The zero-order valence-electron chi connectivity index (χ0n) is 10.0. The molecule has 0 fully saturated rings. The number of carboxylic acids is 1. The molecule has 19 heavy (non-hydrogen) atoms. The first-order valence-corrected chi connectivity index (χ1v) is 5.18. The van der Waals surface area contributed by atoms with Crippen LogP contribution in [0.25, 0.3) is 0 Å². The highest BCUT2D eigenvalue weighted by atomic mass is 16.5. The van der Waals surface area contributed by atoms with Gasteiger partial charge in [-0.05, 0) is 18.2 Å². The van der Waals surface area contributed by atoms with E-state index >= 15 is 0 Å². The minimum atomic E-state index is -1.21. The Morgan fingerprint density at radius 2 is 1.79 bits per heavy atom. The van der Waals surface area contributed by atoms with Crippen LogP contribution in [-0.2, 0) is 14.3 Å². The molecule has 7 heteroatoms. The lowest BCUT2D eigenvalue weighted by molar-refractivity contribution is -0.131. The van der Waals surface area contributed by atoms with Gasteiger partial charge in [-0.2, -0.15) is 0 Å². The van der Waals surface area contributed by atoms with Crippen LogP contribution in [0.3, 0.4) is 0 Å². The second-order valence-electron chi connectivity index (χ2n) is 3.36. The SMILES string of the molecule is COC(=O)Nc1cccc(NC(=O)/C=C/C(=O)O)c1. The van der Waals surface area contributed by atoms with E-state index in [0.717, 1.165) is 12.2 Å². The van der Waals surface area contributed by atoms with E-state index in [-0.39, 0.29) is 0 Å². The van der Waals surface area contributed by atoms with Crippen molar-refractivity contribution in [2.24, 2.45) is 0 Å². The number of ether oxygens (including phenoxy) is 1. The van der Waals surface area contributed by atoms with Crippen molar-refractivity contribution in [1.29, 1.82) is 0 Å². The third-order valence-electron chi connectivity index (χ3n) is 1.94. The van der Waals surface area contributed by atoms with Crippen LogP contribution in [0.2, 0.25) is 0 Å². The molecule has 7 nitrogen and oxygen atoms in total. The molecular weight excluding hydrogens is 252 g/mol. The Bertz CT molecular complexity index is 525. The molecule has 0 aliphatic rings. The summed E-state index contributed by atoms with van der Waals surface area (Å²) in [6.45, 7) is 0. The highest BCUT2D eigenvalue weighted by molar-refractivity contribution is 6.02. The van der Waals surface area contributed by atoms with Gasteiger partial charge in [0.2, 0.25) is 5.91 Å². The molecule has 3 N–H and O–H groups in total. The molecule has 1 aromatic carbocycles. The molecule has 0 bridgehead atoms. The van der Waals surface area contributed by atoms with E-state index in [0.29, 0.717) is 11.4 Å². The Balaban J connectivity index is 2.69. The number of carbonyl (C=O) groups excluding carboxylic acids is 2. The molecule has 2 amide bonds. The second kappa shape index (κ2) is 6.80. The Morgan fingerprint density at radius 3 is 2.37 bits per heavy atom. The fourth-order valence-corrected chi connectivity index (χ4v) is 1.17. The summed E-state index contributed by atoms with van der Waals surface area (Å²) < 4.78 is 4.43. The number of amides is 2. The molecule has 0 radical (unpaired) electrons. The summed E-state index contributed by atoms with van der Waals surface area (Å²) in [5, 5.41) is 13.2. The summed E-state index contributed by atoms with van der Waals surface area (Å²) >= 11 is 0. The average molecular weight is 264 g/mol. The normalized spacial score (nSPS) is 9.95. The van der Waals surface area contributed by atoms with E-state index in [1.165, 1.54) is 13.2 Å². The zero-order valence-corrected chi connectivity index (χ0v) is 10.0. The van der Waals surface area contributed by atoms with Crippen LogP contribution in [0.5, 0.6) is 0 Å². The lowest BCUT2D eigenvalue weighted by atomic mass is 10.2. The van der Waals surface area contributed by atoms with Gasteiger partial charge in [0.05, 0.1) is 7.11 Å². The van der Waals surface area contributed by atoms with Crippen molar-refractivity contribution in [3.05, 3.63) is 36.4 Å². The fraction of sp³-hybridized carbons (Fsp3) is 0.0833. The number of rotatable bonds is 4. The number of hydrogen-bond donors (Lipinski definition) is 3. The molecule has 0 spiro atoms. The number of benzene rings is 1. The molecule has 0 aliphatic carbocycles. The first-order chi connectivity index (χ1) is 9.01. The first-order valence-electron chi connectivity index (χ1n) is 5.18. The topological polar surface area (TPSA) is 105 Å². The largest absolute Gasteiger partial charge is 0.478 e. The van der Waals surface area contributed by atoms with Crippen molar-refractivity contribution < 1.29 is 24.2 Å². The quantitative estimate of drug-likeness (QED) is 0.714. The average Bonchev–Trinajstić information content (AvgIpc) is 2.36. The molecule has 0 saturated heterocycles. The Hall–Kier alpha value is -2.83. The van der Waals surface area contributed by atoms with Crippen LogP contribution in [-0.4, -0.2) is 30.2 Å². The molecular formula is C12H12N2O5. The predicted octanol–water partition coefficient (Wildman–Crippen LogP) is 1.44. The number of carboxylic acid groups (broad SMARTS) is 1. The maximum Gasteiger partial charge on any atom is 0.411 e. The summed E-state index contributed by atoms with van der Waals surface area (Å²) in [6.07, 6.45) is 0.989. The third kappa shape index (κ3) is 5.35. The van der Waals surface area contributed by atoms with E-state index in [9.17, 15) is 14.4 Å². The summed E-state index contributed by atoms with van der Waals surface area (Å²) in [5.41, 5.74) is 0.848. The van der Waals surface area contributed by atoms with Gasteiger partial charge in [0.25, 0.3) is 0 Å². The monoisotopic (exact) mass is 264 g/mol. The van der Waals surface area contributed by atoms with Crippen molar-refractivity contribution in [3.63, 3.8) is 0 Å². The minimum Gasteiger partial charge on any atom is -0.478 e. The van der Waals surface area contributed by atoms with Crippen LogP contribution in [0, 0.1) is 0 Å². The third-order valence-corrected chi connectivity index (χ3v) is 1.94. The van der Waals surface area contributed by atoms with Gasteiger partial charge in [0.15, 0.2) is 0 Å². The van der Waals surface area contributed by atoms with Crippen molar-refractivity contribution >= 4 is 29.3 Å². The number of aliphatic carboxylic acids is 1. The number of methoxy groups -OCH3 is 1. The lowest BCUT2D eigenvalue weighted by Gasteiger charge is -2.06. The Labute approximate surface area is 108 Å². The van der Waals surface area contributed by atoms with Crippen LogP contribution >= 0.6 is 0 Å². The van der Waals surface area contributed by atoms with Crippen molar-refractivity contribution in [1.82, 2.24) is 0 Å². The number of anilines is 2. The lowest BCUT2D eigenvalue weighted by Crippen LogP contribution is -2.12. The van der Waals surface area contributed by atoms with Gasteiger partial charge in [-0.1, -0.05) is 6.07 Å². The van der Waals surface area contributed by atoms with Gasteiger partial charge >= 0.3 is 12.1 Å². The van der Waals surface area contributed by atoms with Crippen molar-refractivity contribution in [3.8, 4) is 0 Å². The van der Waals surface area contributed by atoms with Gasteiger partial charge in [-0.3, -0.25) is 10.1 Å². The van der Waals surface area contributed by atoms with Gasteiger partial charge < -0.3 is 15.2 Å². The Kier molecular flexibility index (Phi) is 5.09. The first kappa shape index (κ1) is 14.2. The smallest absolute Gasteiger partial charge is 0.411 e. The van der Waals surface area contributed by atoms with Crippen LogP contribution in [0.15, 0.2) is 36.4 Å². The fourth-order valence-electron chi connectivity index (χ4n) is 1.17. The second-order valence-corrected chi connectivity index (χ2v) is 3.36. The van der Waals surface area contributed by atoms with Gasteiger partial charge in [-0.25, -0.2) is 9.59 Å². The van der Waals surface area contributed by atoms with Gasteiger partial charge in [0, 0.05) is 23.5 Å². The molecule has 0 aliphatic heterocycles. The molecule has 0 saturated carbocycles. The zero-order chi connectivity index (χ0) is 14.3. The maximum absolute atomic E-state index is 11.3. The van der Waals surface area contributed by atoms with E-state index in [2.05, 4.69) is 15.4 Å². The van der Waals surface area contributed by atoms with E-state index < -0.39 is 18.0 Å². The molecule has 0 atom stereocenters. The molecule has 0 heterocycles. The number of hydrogen-bond acceptors (Lipinski definition) is 4. The van der Waals surface area contributed by atoms with E-state index in [1.54, 1.807) is 18.2 Å². The van der Waals surface area contributed by atoms with E-state index in [1.807, 2.05) is 0 Å². The number of carbonyl (C=O) groups is 3. The van der Waals surface area contributed by atoms with Crippen molar-refractivity contribution in [2.75, 3.05) is 17.7 Å². The number of nitrogens with one attached hydrogen (secondary N) is 2. The van der Waals surface area contributed by atoms with Crippen LogP contribution in [0.4, 0.5) is 16.2 Å². The molecule has 100 valence electrons. The summed E-state index contributed by atoms with van der Waals surface area (Å²) in [7, 11) is 1.23. The molecule has 0 aromatic heterocycles. The van der Waals surface area contributed by atoms with Crippen LogP contribution in [0.1, 0.15) is 0 Å². The highest BCUT2D eigenvalue weighted by Crippen LogP contribution is 2.15. The Morgan fingerprint density at radius 1 is 1.16 bits per heavy atom.